The molecule has 9 N–H and O–H groups in total. The van der Waals surface area contributed by atoms with Crippen LogP contribution in [0.3, 0.4) is 0 Å². The molecule has 68 heavy (non-hydrogen) atoms. The Balaban J connectivity index is 1.22. The fraction of sp³-hybridized carbons (Fsp3) is 0.523. The van der Waals surface area contributed by atoms with E-state index in [1.54, 1.807) is 51.2 Å². The summed E-state index contributed by atoms with van der Waals surface area (Å²) in [4.78, 5) is 115. The van der Waals surface area contributed by atoms with Gasteiger partial charge < -0.3 is 47.6 Å². The van der Waals surface area contributed by atoms with Crippen LogP contribution in [-0.2, 0) is 38.4 Å². The Morgan fingerprint density at radius 3 is 2.34 bits per heavy atom. The predicted octanol–water partition coefficient (Wildman–Crippen LogP) is 0.0113. The van der Waals surface area contributed by atoms with Gasteiger partial charge in [0.05, 0.1) is 24.0 Å². The first-order valence-corrected chi connectivity index (χ1v) is 24.3. The number of nitrogens with one attached hydrogen (secondary N) is 6. The molecule has 3 aromatic rings. The van der Waals surface area contributed by atoms with E-state index in [9.17, 15) is 43.5 Å². The minimum absolute atomic E-state index is 0.105. The highest BCUT2D eigenvalue weighted by atomic mass is 35.5. The largest absolute Gasteiger partial charge is 0.391 e. The first-order chi connectivity index (χ1) is 32.0. The van der Waals surface area contributed by atoms with Crippen LogP contribution < -0.4 is 37.6 Å². The number of fused-ring (bicyclic) bond motifs is 4. The van der Waals surface area contributed by atoms with Crippen molar-refractivity contribution in [2.75, 3.05) is 31.1 Å². The number of primary amides is 1. The fourth-order valence-electron chi connectivity index (χ4n) is 7.96. The normalized spacial score (nSPS) is 24.8. The molecule has 366 valence electrons. The molecule has 0 saturated carbocycles. The molecular weight excluding hydrogens is 940 g/mol. The summed E-state index contributed by atoms with van der Waals surface area (Å²) in [5.74, 6) is -5.21. The summed E-state index contributed by atoms with van der Waals surface area (Å²) in [6.45, 7) is 11.5. The summed E-state index contributed by atoms with van der Waals surface area (Å²) in [6, 6.07) is 0.0741. The second kappa shape index (κ2) is 21.6. The third kappa shape index (κ3) is 12.0. The van der Waals surface area contributed by atoms with Crippen molar-refractivity contribution in [2.45, 2.75) is 110 Å². The molecule has 7 atom stereocenters. The van der Waals surface area contributed by atoms with E-state index < -0.39 is 102 Å². The number of rotatable bonds is 6. The number of thiophene rings is 1. The molecule has 2 saturated heterocycles. The average Bonchev–Trinajstić information content (AvgIpc) is 3.92. The number of halogens is 1. The van der Waals surface area contributed by atoms with E-state index in [-0.39, 0.29) is 43.9 Å². The van der Waals surface area contributed by atoms with E-state index in [4.69, 9.17) is 22.3 Å². The van der Waals surface area contributed by atoms with Crippen molar-refractivity contribution in [3.05, 3.63) is 62.5 Å². The van der Waals surface area contributed by atoms with Gasteiger partial charge in [0.2, 0.25) is 47.3 Å². The van der Waals surface area contributed by atoms with E-state index in [1.165, 1.54) is 11.8 Å². The molecule has 2 aromatic heterocycles. The summed E-state index contributed by atoms with van der Waals surface area (Å²) in [6.07, 6.45) is -1.75. The Labute approximate surface area is 405 Å². The van der Waals surface area contributed by atoms with Crippen LogP contribution in [-0.4, -0.2) is 145 Å². The van der Waals surface area contributed by atoms with Gasteiger partial charge in [-0.25, -0.2) is 0 Å². The second-order valence-corrected chi connectivity index (χ2v) is 20.7. The standard InChI is InChI=1S/C44H57ClN12O9S2/c1-20-22(3)68-43-34(20)35(24-8-10-25(45)11-9-24)51-27(38-55-54-23(4)57(38)43)15-32(60)48-16-28-40(64)52-29(37(46)62)18-67-19-33(61)53-36(44(5,6)7)42(66)56-17-26(58)14-30(56)41(65)49-21(2)39(63)47-13-12-31(59)50-28/h8-11,21,26-30,36,58H,12-19H2,1-7H3,(H2,46,62)(H,47,63)(H,48,60)(H,49,65)(H,50,59)(H,52,64)(H,53,61)/t21?,26-,27+,28-,29-,30+,36?/m1/s1. The third-order valence-electron chi connectivity index (χ3n) is 11.8. The molecule has 0 spiro atoms. The minimum atomic E-state index is -1.47. The number of nitrogens with zero attached hydrogens (tertiary/aromatic N) is 5. The van der Waals surface area contributed by atoms with E-state index in [1.807, 2.05) is 30.5 Å². The zero-order chi connectivity index (χ0) is 49.8. The monoisotopic (exact) mass is 996 g/mol. The summed E-state index contributed by atoms with van der Waals surface area (Å²) in [7, 11) is 0. The Morgan fingerprint density at radius 1 is 0.956 bits per heavy atom. The smallest absolute Gasteiger partial charge is 0.246 e. The van der Waals surface area contributed by atoms with Crippen molar-refractivity contribution in [1.82, 2.24) is 51.6 Å². The fourth-order valence-corrected chi connectivity index (χ4v) is 10.2. The Morgan fingerprint density at radius 2 is 1.66 bits per heavy atom. The van der Waals surface area contributed by atoms with Crippen molar-refractivity contribution in [1.29, 1.82) is 0 Å². The Kier molecular flexibility index (Phi) is 16.3. The number of carbonyl (C=O) groups is 8. The first kappa shape index (κ1) is 51.5. The number of hydrogen-bond acceptors (Lipinski definition) is 14. The van der Waals surface area contributed by atoms with Crippen LogP contribution in [0.25, 0.3) is 5.00 Å². The van der Waals surface area contributed by atoms with Crippen LogP contribution in [0.2, 0.25) is 5.02 Å². The summed E-state index contributed by atoms with van der Waals surface area (Å²) in [5, 5.41) is 36.3. The molecule has 6 rings (SSSR count). The molecule has 0 aliphatic carbocycles. The number of nitrogens with two attached hydrogens (primary N) is 1. The predicted molar refractivity (Wildman–Crippen MR) is 254 cm³/mol. The quantitative estimate of drug-likeness (QED) is 0.162. The number of aliphatic imine (C=N–C) groups is 1. The van der Waals surface area contributed by atoms with Gasteiger partial charge in [-0.15, -0.1) is 33.3 Å². The van der Waals surface area contributed by atoms with Gasteiger partial charge in [-0.3, -0.25) is 47.9 Å². The van der Waals surface area contributed by atoms with Crippen molar-refractivity contribution < 1.29 is 43.5 Å². The van der Waals surface area contributed by atoms with Crippen molar-refractivity contribution >= 4 is 87.7 Å². The van der Waals surface area contributed by atoms with Crippen LogP contribution in [0.1, 0.15) is 86.2 Å². The lowest BCUT2D eigenvalue weighted by Gasteiger charge is -2.35. The maximum absolute atomic E-state index is 14.0. The number of aliphatic hydroxyl groups is 1. The highest BCUT2D eigenvalue weighted by molar-refractivity contribution is 8.00. The van der Waals surface area contributed by atoms with Crippen LogP contribution >= 0.6 is 34.7 Å². The number of hydrogen-bond donors (Lipinski definition) is 8. The summed E-state index contributed by atoms with van der Waals surface area (Å²) in [5.41, 5.74) is 8.07. The van der Waals surface area contributed by atoms with Crippen LogP contribution in [0.15, 0.2) is 29.3 Å². The van der Waals surface area contributed by atoms with Gasteiger partial charge in [-0.1, -0.05) is 44.5 Å². The molecule has 3 aliphatic heterocycles. The van der Waals surface area contributed by atoms with Crippen LogP contribution in [0.5, 0.6) is 0 Å². The Hall–Kier alpha value is -5.91. The maximum Gasteiger partial charge on any atom is 0.246 e. The molecule has 8 amide bonds. The SMILES string of the molecule is Cc1sc2c(c1C)C(c1ccc(Cl)cc1)=N[C@@H](CC(=O)NC[C@H]1NC(=O)CCNC(=O)C(C)NC(=O)[C@@H]3C[C@@H](O)CN3C(=O)C(C(C)(C)C)NC(=O)CSC[C@H](C(N)=O)NC1=O)c1nnc(C)n1-2. The lowest BCUT2D eigenvalue weighted by molar-refractivity contribution is -0.144. The molecule has 1 aromatic carbocycles. The zero-order valence-electron chi connectivity index (χ0n) is 38.7. The molecule has 2 fully saturated rings. The van der Waals surface area contributed by atoms with Crippen molar-refractivity contribution in [2.24, 2.45) is 16.1 Å². The third-order valence-corrected chi connectivity index (χ3v) is 14.2. The van der Waals surface area contributed by atoms with E-state index in [2.05, 4.69) is 42.1 Å². The number of thioether (sulfide) groups is 1. The van der Waals surface area contributed by atoms with Crippen molar-refractivity contribution in [3.63, 3.8) is 0 Å². The number of aryl methyl sites for hydroxylation is 2. The number of carbonyl (C=O) groups excluding carboxylic acids is 8. The van der Waals surface area contributed by atoms with Gasteiger partial charge in [0.15, 0.2) is 5.82 Å². The summed E-state index contributed by atoms with van der Waals surface area (Å²) < 4.78 is 1.88. The first-order valence-electron chi connectivity index (χ1n) is 22.0. The number of aromatic nitrogens is 3. The summed E-state index contributed by atoms with van der Waals surface area (Å²) >= 11 is 8.73. The molecule has 0 radical (unpaired) electrons. The molecule has 0 bridgehead atoms. The van der Waals surface area contributed by atoms with Gasteiger partial charge >= 0.3 is 0 Å². The molecule has 2 unspecified atom stereocenters. The van der Waals surface area contributed by atoms with Crippen LogP contribution in [0.4, 0.5) is 0 Å². The minimum Gasteiger partial charge on any atom is -0.391 e. The molecule has 24 heteroatoms. The van der Waals surface area contributed by atoms with Gasteiger partial charge in [0.1, 0.15) is 47.1 Å². The van der Waals surface area contributed by atoms with E-state index in [0.717, 1.165) is 38.3 Å². The highest BCUT2D eigenvalue weighted by Crippen LogP contribution is 2.39. The zero-order valence-corrected chi connectivity index (χ0v) is 41.1. The van der Waals surface area contributed by atoms with E-state index >= 15 is 0 Å². The van der Waals surface area contributed by atoms with Crippen LogP contribution in [0, 0.1) is 26.2 Å². The van der Waals surface area contributed by atoms with Gasteiger partial charge in [0.25, 0.3) is 0 Å². The van der Waals surface area contributed by atoms with Crippen molar-refractivity contribution in [3.8, 4) is 5.00 Å². The average molecular weight is 998 g/mol. The number of benzene rings is 1. The lowest BCUT2D eigenvalue weighted by Crippen LogP contribution is -2.59. The van der Waals surface area contributed by atoms with Gasteiger partial charge in [0, 0.05) is 59.3 Å². The second-order valence-electron chi connectivity index (χ2n) is 18.0. The molecule has 3 aliphatic rings. The Bertz CT molecular complexity index is 2510. The molecule has 21 nitrogen and oxygen atoms in total. The number of aliphatic hydroxyl groups excluding tert-OH is 1. The molecule has 5 heterocycles. The lowest BCUT2D eigenvalue weighted by atomic mass is 9.85. The number of amides is 8. The van der Waals surface area contributed by atoms with Gasteiger partial charge in [-0.2, -0.15) is 0 Å². The maximum atomic E-state index is 14.0. The highest BCUT2D eigenvalue weighted by Gasteiger charge is 2.45. The molecular formula is C44H57ClN12O9S2. The topological polar surface area (TPSA) is 301 Å². The van der Waals surface area contributed by atoms with E-state index in [0.29, 0.717) is 22.4 Å². The van der Waals surface area contributed by atoms with Gasteiger partial charge in [-0.05, 0) is 50.8 Å².